The van der Waals surface area contributed by atoms with Gasteiger partial charge in [0.05, 0.1) is 6.61 Å². The zero-order chi connectivity index (χ0) is 14.1. The van der Waals surface area contributed by atoms with Crippen molar-refractivity contribution in [3.05, 3.63) is 29.3 Å². The number of nitrogens with one attached hydrogen (secondary N) is 1. The fraction of sp³-hybridized carbons (Fsp3) is 0.647. The number of rotatable bonds is 9. The molecule has 0 saturated carbocycles. The van der Waals surface area contributed by atoms with Crippen molar-refractivity contribution >= 4 is 0 Å². The summed E-state index contributed by atoms with van der Waals surface area (Å²) in [6.45, 7) is 10.6. The van der Waals surface area contributed by atoms with Crippen LogP contribution in [0.2, 0.25) is 0 Å². The first-order valence-electron chi connectivity index (χ1n) is 7.60. The first kappa shape index (κ1) is 16.0. The van der Waals surface area contributed by atoms with E-state index in [4.69, 9.17) is 4.74 Å². The lowest BCUT2D eigenvalue weighted by Gasteiger charge is -2.16. The fourth-order valence-corrected chi connectivity index (χ4v) is 2.27. The molecular formula is C17H29NO. The van der Waals surface area contributed by atoms with E-state index < -0.39 is 0 Å². The van der Waals surface area contributed by atoms with Gasteiger partial charge in [0.2, 0.25) is 0 Å². The average molecular weight is 263 g/mol. The lowest BCUT2D eigenvalue weighted by molar-refractivity contribution is 0.292. The summed E-state index contributed by atoms with van der Waals surface area (Å²) in [5.41, 5.74) is 2.52. The summed E-state index contributed by atoms with van der Waals surface area (Å²) in [4.78, 5) is 0. The molecule has 0 aromatic heterocycles. The van der Waals surface area contributed by atoms with E-state index in [1.807, 2.05) is 0 Å². The first-order valence-corrected chi connectivity index (χ1v) is 7.60. The Hall–Kier alpha value is -1.02. The molecule has 0 saturated heterocycles. The van der Waals surface area contributed by atoms with Gasteiger partial charge in [0.15, 0.2) is 0 Å². The maximum Gasteiger partial charge on any atom is 0.122 e. The van der Waals surface area contributed by atoms with Crippen molar-refractivity contribution in [2.45, 2.75) is 59.4 Å². The minimum atomic E-state index is 0.641. The van der Waals surface area contributed by atoms with E-state index in [0.29, 0.717) is 6.04 Å². The molecule has 0 fully saturated rings. The Kier molecular flexibility index (Phi) is 7.57. The summed E-state index contributed by atoms with van der Waals surface area (Å²) in [6, 6.07) is 7.01. The molecule has 0 bridgehead atoms. The molecule has 0 aliphatic carbocycles. The van der Waals surface area contributed by atoms with Crippen molar-refractivity contribution in [2.24, 2.45) is 0 Å². The Labute approximate surface area is 118 Å². The quantitative estimate of drug-likeness (QED) is 0.673. The van der Waals surface area contributed by atoms with E-state index >= 15 is 0 Å². The Bertz CT molecular complexity index is 362. The van der Waals surface area contributed by atoms with E-state index in [2.05, 4.69) is 51.2 Å². The van der Waals surface area contributed by atoms with Gasteiger partial charge < -0.3 is 10.1 Å². The largest absolute Gasteiger partial charge is 0.493 e. The Morgan fingerprint density at radius 1 is 1.21 bits per heavy atom. The van der Waals surface area contributed by atoms with E-state index in [0.717, 1.165) is 25.3 Å². The Balaban J connectivity index is 2.26. The third-order valence-electron chi connectivity index (χ3n) is 3.46. The van der Waals surface area contributed by atoms with Gasteiger partial charge in [-0.25, -0.2) is 0 Å². The van der Waals surface area contributed by atoms with Crippen molar-refractivity contribution in [3.63, 3.8) is 0 Å². The van der Waals surface area contributed by atoms with Gasteiger partial charge in [-0.15, -0.1) is 0 Å². The summed E-state index contributed by atoms with van der Waals surface area (Å²) < 4.78 is 5.86. The molecule has 1 aromatic rings. The summed E-state index contributed by atoms with van der Waals surface area (Å²) in [7, 11) is 0. The highest BCUT2D eigenvalue weighted by molar-refractivity contribution is 5.35. The number of ether oxygens (including phenoxy) is 1. The second kappa shape index (κ2) is 8.98. The molecule has 1 atom stereocenters. The molecule has 1 rings (SSSR count). The average Bonchev–Trinajstić information content (AvgIpc) is 2.40. The second-order valence-electron chi connectivity index (χ2n) is 5.32. The van der Waals surface area contributed by atoms with Crippen LogP contribution < -0.4 is 10.1 Å². The minimum absolute atomic E-state index is 0.641. The van der Waals surface area contributed by atoms with Crippen LogP contribution in [0.5, 0.6) is 5.75 Å². The molecule has 1 N–H and O–H groups in total. The van der Waals surface area contributed by atoms with Crippen molar-refractivity contribution in [1.29, 1.82) is 0 Å². The topological polar surface area (TPSA) is 21.3 Å². The third kappa shape index (κ3) is 6.11. The zero-order valence-electron chi connectivity index (χ0n) is 13.0. The van der Waals surface area contributed by atoms with Crippen molar-refractivity contribution in [1.82, 2.24) is 5.32 Å². The molecule has 0 aliphatic heterocycles. The normalized spacial score (nSPS) is 12.4. The molecule has 108 valence electrons. The third-order valence-corrected chi connectivity index (χ3v) is 3.46. The Morgan fingerprint density at radius 2 is 2.00 bits per heavy atom. The SMILES string of the molecule is CCCNC(CC)CCCOc1ccc(C)cc1C. The highest BCUT2D eigenvalue weighted by Crippen LogP contribution is 2.19. The maximum absolute atomic E-state index is 5.86. The first-order chi connectivity index (χ1) is 9.17. The van der Waals surface area contributed by atoms with Gasteiger partial charge >= 0.3 is 0 Å². The van der Waals surface area contributed by atoms with Gasteiger partial charge in [0.1, 0.15) is 5.75 Å². The smallest absolute Gasteiger partial charge is 0.122 e. The van der Waals surface area contributed by atoms with Gasteiger partial charge in [0, 0.05) is 6.04 Å². The van der Waals surface area contributed by atoms with Gasteiger partial charge in [-0.1, -0.05) is 31.5 Å². The van der Waals surface area contributed by atoms with Crippen molar-refractivity contribution in [3.8, 4) is 5.75 Å². The van der Waals surface area contributed by atoms with Crippen LogP contribution in [0, 0.1) is 13.8 Å². The maximum atomic E-state index is 5.86. The van der Waals surface area contributed by atoms with E-state index in [9.17, 15) is 0 Å². The van der Waals surface area contributed by atoms with Crippen LogP contribution in [0.25, 0.3) is 0 Å². The highest BCUT2D eigenvalue weighted by atomic mass is 16.5. The second-order valence-corrected chi connectivity index (χ2v) is 5.32. The Morgan fingerprint density at radius 3 is 2.63 bits per heavy atom. The van der Waals surface area contributed by atoms with Gasteiger partial charge in [0.25, 0.3) is 0 Å². The number of aryl methyl sites for hydroxylation is 2. The monoisotopic (exact) mass is 263 g/mol. The van der Waals surface area contributed by atoms with E-state index in [1.165, 1.54) is 30.4 Å². The number of hydrogen-bond donors (Lipinski definition) is 1. The van der Waals surface area contributed by atoms with Crippen LogP contribution in [0.3, 0.4) is 0 Å². The number of hydrogen-bond acceptors (Lipinski definition) is 2. The minimum Gasteiger partial charge on any atom is -0.493 e. The summed E-state index contributed by atoms with van der Waals surface area (Å²) in [5.74, 6) is 1.03. The van der Waals surface area contributed by atoms with Gasteiger partial charge in [-0.2, -0.15) is 0 Å². The lowest BCUT2D eigenvalue weighted by atomic mass is 10.1. The molecule has 0 aliphatic rings. The molecule has 1 unspecified atom stereocenters. The van der Waals surface area contributed by atoms with Crippen LogP contribution >= 0.6 is 0 Å². The molecule has 2 heteroatoms. The van der Waals surface area contributed by atoms with Crippen molar-refractivity contribution < 1.29 is 4.74 Å². The summed E-state index contributed by atoms with van der Waals surface area (Å²) in [5, 5.41) is 3.58. The molecular weight excluding hydrogens is 234 g/mol. The molecule has 0 radical (unpaired) electrons. The van der Waals surface area contributed by atoms with Crippen LogP contribution in [-0.2, 0) is 0 Å². The van der Waals surface area contributed by atoms with Gasteiger partial charge in [-0.05, 0) is 57.7 Å². The standard InChI is InChI=1S/C17H29NO/c1-5-11-18-16(6-2)8-7-12-19-17-10-9-14(3)13-15(17)4/h9-10,13,16,18H,5-8,11-12H2,1-4H3. The molecule has 0 spiro atoms. The zero-order valence-corrected chi connectivity index (χ0v) is 13.0. The van der Waals surface area contributed by atoms with Crippen LogP contribution in [0.1, 0.15) is 50.7 Å². The van der Waals surface area contributed by atoms with Crippen molar-refractivity contribution in [2.75, 3.05) is 13.2 Å². The van der Waals surface area contributed by atoms with Crippen LogP contribution in [0.4, 0.5) is 0 Å². The van der Waals surface area contributed by atoms with Crippen LogP contribution in [0.15, 0.2) is 18.2 Å². The molecule has 19 heavy (non-hydrogen) atoms. The van der Waals surface area contributed by atoms with E-state index in [-0.39, 0.29) is 0 Å². The number of benzene rings is 1. The summed E-state index contributed by atoms with van der Waals surface area (Å²) >= 11 is 0. The predicted molar refractivity (Wildman–Crippen MR) is 83.0 cm³/mol. The summed E-state index contributed by atoms with van der Waals surface area (Å²) in [6.07, 6.45) is 4.71. The molecule has 1 aromatic carbocycles. The van der Waals surface area contributed by atoms with E-state index in [1.54, 1.807) is 0 Å². The molecule has 2 nitrogen and oxygen atoms in total. The highest BCUT2D eigenvalue weighted by Gasteiger charge is 2.05. The van der Waals surface area contributed by atoms with Gasteiger partial charge in [-0.3, -0.25) is 0 Å². The van der Waals surface area contributed by atoms with Crippen LogP contribution in [-0.4, -0.2) is 19.2 Å². The lowest BCUT2D eigenvalue weighted by Crippen LogP contribution is -2.29. The molecule has 0 amide bonds. The predicted octanol–water partition coefficient (Wildman–Crippen LogP) is 4.24. The fourth-order valence-electron chi connectivity index (χ4n) is 2.27. The molecule has 0 heterocycles.